The summed E-state index contributed by atoms with van der Waals surface area (Å²) >= 11 is 6.13. The molecule has 0 spiro atoms. The van der Waals surface area contributed by atoms with Crippen molar-refractivity contribution in [1.82, 2.24) is 4.98 Å². The molecule has 0 aliphatic carbocycles. The van der Waals surface area contributed by atoms with E-state index in [1.165, 1.54) is 0 Å². The van der Waals surface area contributed by atoms with E-state index in [2.05, 4.69) is 4.98 Å². The summed E-state index contributed by atoms with van der Waals surface area (Å²) in [6, 6.07) is 11.1. The predicted molar refractivity (Wildman–Crippen MR) is 78.2 cm³/mol. The first-order valence-electron chi connectivity index (χ1n) is 6.10. The number of nitrogens with one attached hydrogen (secondary N) is 1. The van der Waals surface area contributed by atoms with E-state index in [9.17, 15) is 13.2 Å². The molecule has 0 saturated carbocycles. The molecule has 0 saturated heterocycles. The van der Waals surface area contributed by atoms with E-state index in [-0.39, 0.29) is 0 Å². The molecule has 2 nitrogen and oxygen atoms in total. The Morgan fingerprint density at radius 2 is 1.76 bits per heavy atom. The van der Waals surface area contributed by atoms with Gasteiger partial charge in [-0.05, 0) is 35.9 Å². The number of hydrogen-bond donors (Lipinski definition) is 2. The number of halogens is 4. The summed E-state index contributed by atoms with van der Waals surface area (Å²) < 4.78 is 38.1. The van der Waals surface area contributed by atoms with Gasteiger partial charge >= 0.3 is 6.18 Å². The molecule has 0 bridgehead atoms. The average molecular weight is 311 g/mol. The smallest absolute Gasteiger partial charge is 0.399 e. The molecule has 3 aromatic rings. The second kappa shape index (κ2) is 4.70. The fraction of sp³-hybridized carbons (Fsp3) is 0.0667. The molecule has 2 aromatic carbocycles. The number of fused-ring (bicyclic) bond motifs is 1. The number of hydrogen-bond acceptors (Lipinski definition) is 1. The maximum Gasteiger partial charge on any atom is 0.431 e. The van der Waals surface area contributed by atoms with Gasteiger partial charge in [-0.15, -0.1) is 0 Å². The molecule has 3 N–H and O–H groups in total. The van der Waals surface area contributed by atoms with Crippen molar-refractivity contribution < 1.29 is 13.2 Å². The van der Waals surface area contributed by atoms with Crippen molar-refractivity contribution in [3.8, 4) is 11.1 Å². The largest absolute Gasteiger partial charge is 0.431 e. The summed E-state index contributed by atoms with van der Waals surface area (Å²) in [5.74, 6) is 0. The minimum absolute atomic E-state index is 0.428. The molecule has 0 amide bonds. The molecule has 108 valence electrons. The highest BCUT2D eigenvalue weighted by molar-refractivity contribution is 6.33. The maximum absolute atomic E-state index is 12.7. The standard InChI is InChI=1S/C15H10ClF3N2/c16-12-7-10(20)2-3-11(12)8-1-4-13-9(5-8)6-14(21-13)15(17,18)19/h1-7,21H,20H2. The quantitative estimate of drug-likeness (QED) is 0.604. The first-order chi connectivity index (χ1) is 9.84. The van der Waals surface area contributed by atoms with E-state index >= 15 is 0 Å². The number of H-pyrrole nitrogens is 1. The van der Waals surface area contributed by atoms with Gasteiger partial charge in [-0.1, -0.05) is 23.7 Å². The van der Waals surface area contributed by atoms with Crippen LogP contribution < -0.4 is 5.73 Å². The third-order valence-corrected chi connectivity index (χ3v) is 3.54. The Kier molecular flexibility index (Phi) is 3.10. The Balaban J connectivity index is 2.12. The normalized spacial score (nSPS) is 12.0. The molecule has 0 radical (unpaired) electrons. The lowest BCUT2D eigenvalue weighted by atomic mass is 10.0. The van der Waals surface area contributed by atoms with Gasteiger partial charge in [0.25, 0.3) is 0 Å². The van der Waals surface area contributed by atoms with Gasteiger partial charge in [-0.25, -0.2) is 0 Å². The highest BCUT2D eigenvalue weighted by atomic mass is 35.5. The Morgan fingerprint density at radius 3 is 2.43 bits per heavy atom. The van der Waals surface area contributed by atoms with Crippen LogP contribution in [0.5, 0.6) is 0 Å². The summed E-state index contributed by atoms with van der Waals surface area (Å²) in [5, 5.41) is 0.939. The number of nitrogens with two attached hydrogens (primary N) is 1. The third-order valence-electron chi connectivity index (χ3n) is 3.23. The van der Waals surface area contributed by atoms with E-state index in [0.717, 1.165) is 17.2 Å². The van der Waals surface area contributed by atoms with Crippen LogP contribution in [0.4, 0.5) is 18.9 Å². The first kappa shape index (κ1) is 13.8. The zero-order valence-electron chi connectivity index (χ0n) is 10.6. The number of nitrogen functional groups attached to an aromatic ring is 1. The third kappa shape index (κ3) is 2.56. The Labute approximate surface area is 123 Å². The molecular weight excluding hydrogens is 301 g/mol. The minimum atomic E-state index is -4.39. The molecule has 1 aromatic heterocycles. The Bertz CT molecular complexity index is 821. The summed E-state index contributed by atoms with van der Waals surface area (Å²) in [5.41, 5.74) is 7.29. The molecule has 0 unspecified atom stereocenters. The van der Waals surface area contributed by atoms with Crippen LogP contribution in [0.25, 0.3) is 22.0 Å². The molecule has 0 aliphatic rings. The van der Waals surface area contributed by atoms with Crippen molar-refractivity contribution in [2.24, 2.45) is 0 Å². The van der Waals surface area contributed by atoms with Crippen molar-refractivity contribution in [2.75, 3.05) is 5.73 Å². The van der Waals surface area contributed by atoms with Gasteiger partial charge < -0.3 is 10.7 Å². The average Bonchev–Trinajstić information content (AvgIpc) is 2.81. The van der Waals surface area contributed by atoms with Crippen LogP contribution in [0.1, 0.15) is 5.69 Å². The van der Waals surface area contributed by atoms with Gasteiger partial charge in [0.05, 0.1) is 5.02 Å². The molecule has 6 heteroatoms. The highest BCUT2D eigenvalue weighted by Crippen LogP contribution is 2.34. The number of anilines is 1. The molecular formula is C15H10ClF3N2. The minimum Gasteiger partial charge on any atom is -0.399 e. The van der Waals surface area contributed by atoms with E-state index < -0.39 is 11.9 Å². The topological polar surface area (TPSA) is 41.8 Å². The molecule has 1 heterocycles. The van der Waals surface area contributed by atoms with Crippen molar-refractivity contribution >= 4 is 28.2 Å². The zero-order valence-corrected chi connectivity index (χ0v) is 11.4. The lowest BCUT2D eigenvalue weighted by Crippen LogP contribution is -2.04. The first-order valence-corrected chi connectivity index (χ1v) is 6.48. The monoisotopic (exact) mass is 310 g/mol. The molecule has 21 heavy (non-hydrogen) atoms. The van der Waals surface area contributed by atoms with Crippen LogP contribution in [0.3, 0.4) is 0 Å². The van der Waals surface area contributed by atoms with Crippen molar-refractivity contribution in [3.63, 3.8) is 0 Å². The van der Waals surface area contributed by atoms with Crippen LogP contribution in [0.15, 0.2) is 42.5 Å². The maximum atomic E-state index is 12.7. The second-order valence-electron chi connectivity index (χ2n) is 4.72. The summed E-state index contributed by atoms with van der Waals surface area (Å²) in [6.07, 6.45) is -4.39. The van der Waals surface area contributed by atoms with E-state index in [1.54, 1.807) is 36.4 Å². The second-order valence-corrected chi connectivity index (χ2v) is 5.13. The van der Waals surface area contributed by atoms with Crippen LogP contribution in [-0.4, -0.2) is 4.98 Å². The Hall–Kier alpha value is -2.14. The number of benzene rings is 2. The SMILES string of the molecule is Nc1ccc(-c2ccc3[nH]c(C(F)(F)F)cc3c2)c(Cl)c1. The van der Waals surface area contributed by atoms with Gasteiger partial charge in [0, 0.05) is 22.2 Å². The number of aromatic amines is 1. The van der Waals surface area contributed by atoms with Crippen molar-refractivity contribution in [1.29, 1.82) is 0 Å². The van der Waals surface area contributed by atoms with Gasteiger partial charge in [-0.3, -0.25) is 0 Å². The van der Waals surface area contributed by atoms with Gasteiger partial charge in [0.15, 0.2) is 0 Å². The lowest BCUT2D eigenvalue weighted by Gasteiger charge is -2.05. The molecule has 0 fully saturated rings. The van der Waals surface area contributed by atoms with Crippen molar-refractivity contribution in [2.45, 2.75) is 6.18 Å². The van der Waals surface area contributed by atoms with Crippen LogP contribution in [-0.2, 0) is 6.18 Å². The van der Waals surface area contributed by atoms with Crippen LogP contribution >= 0.6 is 11.6 Å². The number of alkyl halides is 3. The Morgan fingerprint density at radius 1 is 1.00 bits per heavy atom. The summed E-state index contributed by atoms with van der Waals surface area (Å²) in [4.78, 5) is 2.36. The van der Waals surface area contributed by atoms with Gasteiger partial charge in [0.1, 0.15) is 5.69 Å². The van der Waals surface area contributed by atoms with E-state index in [4.69, 9.17) is 17.3 Å². The molecule has 0 atom stereocenters. The molecule has 3 rings (SSSR count). The van der Waals surface area contributed by atoms with Gasteiger partial charge in [-0.2, -0.15) is 13.2 Å². The number of aromatic nitrogens is 1. The fourth-order valence-electron chi connectivity index (χ4n) is 2.22. The van der Waals surface area contributed by atoms with Crippen molar-refractivity contribution in [3.05, 3.63) is 53.2 Å². The highest BCUT2D eigenvalue weighted by Gasteiger charge is 2.32. The fourth-order valence-corrected chi connectivity index (χ4v) is 2.52. The van der Waals surface area contributed by atoms with E-state index in [0.29, 0.717) is 21.6 Å². The predicted octanol–water partition coefficient (Wildman–Crippen LogP) is 5.09. The van der Waals surface area contributed by atoms with E-state index in [1.807, 2.05) is 0 Å². The zero-order chi connectivity index (χ0) is 15.2. The summed E-state index contributed by atoms with van der Waals surface area (Å²) in [7, 11) is 0. The van der Waals surface area contributed by atoms with Crippen LogP contribution in [0.2, 0.25) is 5.02 Å². The molecule has 0 aliphatic heterocycles. The number of rotatable bonds is 1. The van der Waals surface area contributed by atoms with Crippen LogP contribution in [0, 0.1) is 0 Å². The van der Waals surface area contributed by atoms with Gasteiger partial charge in [0.2, 0.25) is 0 Å². The summed E-state index contributed by atoms with van der Waals surface area (Å²) in [6.45, 7) is 0. The lowest BCUT2D eigenvalue weighted by molar-refractivity contribution is -0.140.